The van der Waals surface area contributed by atoms with Crippen LogP contribution in [-0.4, -0.2) is 51.5 Å². The number of para-hydroxylation sites is 1. The molecule has 2 amide bonds. The van der Waals surface area contributed by atoms with Gasteiger partial charge in [0, 0.05) is 20.2 Å². The first-order valence-electron chi connectivity index (χ1n) is 8.63. The van der Waals surface area contributed by atoms with E-state index in [1.54, 1.807) is 11.8 Å². The van der Waals surface area contributed by atoms with Crippen molar-refractivity contribution in [2.24, 2.45) is 0 Å². The molecule has 0 spiro atoms. The van der Waals surface area contributed by atoms with E-state index in [1.807, 2.05) is 35.2 Å². The Morgan fingerprint density at radius 1 is 1.28 bits per heavy atom. The highest BCUT2D eigenvalue weighted by Crippen LogP contribution is 2.25. The third-order valence-corrected chi connectivity index (χ3v) is 4.84. The Hall–Kier alpha value is -2.41. The van der Waals surface area contributed by atoms with Crippen molar-refractivity contribution in [2.75, 3.05) is 20.2 Å². The van der Waals surface area contributed by atoms with Crippen LogP contribution < -0.4 is 5.32 Å². The van der Waals surface area contributed by atoms with Gasteiger partial charge >= 0.3 is 6.03 Å². The maximum atomic E-state index is 12.5. The van der Waals surface area contributed by atoms with Crippen LogP contribution in [0.5, 0.6) is 0 Å². The molecule has 1 aliphatic rings. The van der Waals surface area contributed by atoms with Crippen LogP contribution in [0.4, 0.5) is 4.79 Å². The second kappa shape index (κ2) is 7.65. The predicted molar refractivity (Wildman–Crippen MR) is 94.4 cm³/mol. The van der Waals surface area contributed by atoms with Gasteiger partial charge in [-0.05, 0) is 38.3 Å². The summed E-state index contributed by atoms with van der Waals surface area (Å²) < 4.78 is 7.33. The number of carbonyl (C=O) groups excluding carboxylic acids is 1. The molecule has 1 saturated heterocycles. The van der Waals surface area contributed by atoms with Crippen LogP contribution in [-0.2, 0) is 11.3 Å². The number of benzene rings is 1. The van der Waals surface area contributed by atoms with Crippen molar-refractivity contribution in [3.63, 3.8) is 0 Å². The van der Waals surface area contributed by atoms with E-state index in [2.05, 4.69) is 22.3 Å². The van der Waals surface area contributed by atoms with E-state index >= 15 is 0 Å². The Morgan fingerprint density at radius 3 is 2.84 bits per heavy atom. The number of amides is 2. The SMILES string of the molecule is CO[C@@]1(C)CCCN(C(=O)NCc2ncnn2-c2ccccc2)CC1. The molecule has 25 heavy (non-hydrogen) atoms. The van der Waals surface area contributed by atoms with Crippen LogP contribution in [0, 0.1) is 0 Å². The molecule has 0 radical (unpaired) electrons. The number of aromatic nitrogens is 3. The van der Waals surface area contributed by atoms with E-state index in [-0.39, 0.29) is 11.6 Å². The molecule has 1 atom stereocenters. The molecular weight excluding hydrogens is 318 g/mol. The molecule has 3 rings (SSSR count). The van der Waals surface area contributed by atoms with Gasteiger partial charge in [-0.3, -0.25) is 0 Å². The zero-order valence-electron chi connectivity index (χ0n) is 14.8. The average molecular weight is 343 g/mol. The van der Waals surface area contributed by atoms with E-state index in [0.717, 1.165) is 31.5 Å². The molecule has 1 aromatic carbocycles. The van der Waals surface area contributed by atoms with Crippen LogP contribution >= 0.6 is 0 Å². The fraction of sp³-hybridized carbons (Fsp3) is 0.500. The van der Waals surface area contributed by atoms with Crippen molar-refractivity contribution in [2.45, 2.75) is 38.3 Å². The lowest BCUT2D eigenvalue weighted by atomic mass is 9.97. The fourth-order valence-corrected chi connectivity index (χ4v) is 3.10. The lowest BCUT2D eigenvalue weighted by Crippen LogP contribution is -2.41. The molecule has 7 heteroatoms. The molecule has 0 bridgehead atoms. The van der Waals surface area contributed by atoms with Crippen LogP contribution in [0.25, 0.3) is 5.69 Å². The topological polar surface area (TPSA) is 72.3 Å². The predicted octanol–water partition coefficient (Wildman–Crippen LogP) is 2.37. The summed E-state index contributed by atoms with van der Waals surface area (Å²) in [7, 11) is 1.74. The number of ether oxygens (including phenoxy) is 1. The van der Waals surface area contributed by atoms with Gasteiger partial charge in [0.2, 0.25) is 0 Å². The quantitative estimate of drug-likeness (QED) is 0.925. The highest BCUT2D eigenvalue weighted by atomic mass is 16.5. The third-order valence-electron chi connectivity index (χ3n) is 4.84. The number of nitrogens with zero attached hydrogens (tertiary/aromatic N) is 4. The van der Waals surface area contributed by atoms with Gasteiger partial charge in [-0.1, -0.05) is 18.2 Å². The second-order valence-corrected chi connectivity index (χ2v) is 6.58. The number of likely N-dealkylation sites (tertiary alicyclic amines) is 1. The maximum Gasteiger partial charge on any atom is 0.317 e. The summed E-state index contributed by atoms with van der Waals surface area (Å²) in [5, 5.41) is 7.21. The minimum Gasteiger partial charge on any atom is -0.378 e. The van der Waals surface area contributed by atoms with Gasteiger partial charge in [0.05, 0.1) is 17.8 Å². The Bertz CT molecular complexity index is 703. The minimum absolute atomic E-state index is 0.0667. The second-order valence-electron chi connectivity index (χ2n) is 6.58. The van der Waals surface area contributed by atoms with Gasteiger partial charge in [0.15, 0.2) is 5.82 Å². The summed E-state index contributed by atoms with van der Waals surface area (Å²) in [5.74, 6) is 0.705. The smallest absolute Gasteiger partial charge is 0.317 e. The highest BCUT2D eigenvalue weighted by Gasteiger charge is 2.29. The molecule has 2 heterocycles. The van der Waals surface area contributed by atoms with Gasteiger partial charge in [0.1, 0.15) is 6.33 Å². The summed E-state index contributed by atoms with van der Waals surface area (Å²) in [6, 6.07) is 9.70. The monoisotopic (exact) mass is 343 g/mol. The number of nitrogens with one attached hydrogen (secondary N) is 1. The molecule has 7 nitrogen and oxygen atoms in total. The van der Waals surface area contributed by atoms with E-state index in [4.69, 9.17) is 4.74 Å². The molecule has 1 N–H and O–H groups in total. The number of hydrogen-bond donors (Lipinski definition) is 1. The molecule has 0 unspecified atom stereocenters. The number of carbonyl (C=O) groups is 1. The average Bonchev–Trinajstić information content (AvgIpc) is 3.02. The van der Waals surface area contributed by atoms with E-state index in [1.165, 1.54) is 6.33 Å². The van der Waals surface area contributed by atoms with Crippen molar-refractivity contribution in [1.82, 2.24) is 25.0 Å². The Labute approximate surface area is 148 Å². The molecule has 1 fully saturated rings. The van der Waals surface area contributed by atoms with Crippen LogP contribution in [0.1, 0.15) is 32.0 Å². The summed E-state index contributed by atoms with van der Waals surface area (Å²) in [5.41, 5.74) is 0.789. The van der Waals surface area contributed by atoms with E-state index in [9.17, 15) is 4.79 Å². The standard InChI is InChI=1S/C18H25N5O2/c1-18(25-2)9-6-11-22(12-10-18)17(24)19-13-16-20-14-21-23(16)15-7-4-3-5-8-15/h3-5,7-8,14H,6,9-13H2,1-2H3,(H,19,24)/t18-/m0/s1. The van der Waals surface area contributed by atoms with Crippen LogP contribution in [0.2, 0.25) is 0 Å². The molecule has 1 aromatic heterocycles. The summed E-state index contributed by atoms with van der Waals surface area (Å²) >= 11 is 0. The van der Waals surface area contributed by atoms with Gasteiger partial charge in [0.25, 0.3) is 0 Å². The Balaban J connectivity index is 1.59. The molecule has 2 aromatic rings. The Morgan fingerprint density at radius 2 is 2.08 bits per heavy atom. The fourth-order valence-electron chi connectivity index (χ4n) is 3.10. The normalized spacial score (nSPS) is 21.0. The van der Waals surface area contributed by atoms with Gasteiger partial charge in [-0.2, -0.15) is 5.10 Å². The molecule has 1 aliphatic heterocycles. The first-order valence-corrected chi connectivity index (χ1v) is 8.63. The van der Waals surface area contributed by atoms with Crippen molar-refractivity contribution in [3.8, 4) is 5.69 Å². The van der Waals surface area contributed by atoms with Gasteiger partial charge in [-0.15, -0.1) is 0 Å². The van der Waals surface area contributed by atoms with E-state index in [0.29, 0.717) is 18.9 Å². The lowest BCUT2D eigenvalue weighted by Gasteiger charge is -2.26. The molecule has 0 saturated carbocycles. The summed E-state index contributed by atoms with van der Waals surface area (Å²) in [4.78, 5) is 18.6. The van der Waals surface area contributed by atoms with Gasteiger partial charge in [-0.25, -0.2) is 14.5 Å². The first-order chi connectivity index (χ1) is 12.1. The number of methoxy groups -OCH3 is 1. The number of hydrogen-bond acceptors (Lipinski definition) is 4. The van der Waals surface area contributed by atoms with Crippen LogP contribution in [0.3, 0.4) is 0 Å². The lowest BCUT2D eigenvalue weighted by molar-refractivity contribution is -0.00500. The van der Waals surface area contributed by atoms with Crippen molar-refractivity contribution in [3.05, 3.63) is 42.5 Å². The summed E-state index contributed by atoms with van der Waals surface area (Å²) in [6.45, 7) is 3.89. The molecule has 134 valence electrons. The minimum atomic E-state index is -0.136. The third kappa shape index (κ3) is 4.17. The molecular formula is C18H25N5O2. The van der Waals surface area contributed by atoms with Crippen molar-refractivity contribution < 1.29 is 9.53 Å². The largest absolute Gasteiger partial charge is 0.378 e. The van der Waals surface area contributed by atoms with Crippen molar-refractivity contribution >= 4 is 6.03 Å². The summed E-state index contributed by atoms with van der Waals surface area (Å²) in [6.07, 6.45) is 4.26. The number of urea groups is 1. The van der Waals surface area contributed by atoms with Crippen molar-refractivity contribution in [1.29, 1.82) is 0 Å². The van der Waals surface area contributed by atoms with Crippen LogP contribution in [0.15, 0.2) is 36.7 Å². The zero-order chi connectivity index (χ0) is 17.7. The number of rotatable bonds is 4. The highest BCUT2D eigenvalue weighted by molar-refractivity contribution is 5.74. The molecule has 0 aliphatic carbocycles. The Kier molecular flexibility index (Phi) is 5.33. The zero-order valence-corrected chi connectivity index (χ0v) is 14.8. The first kappa shape index (κ1) is 17.4. The van der Waals surface area contributed by atoms with E-state index < -0.39 is 0 Å². The van der Waals surface area contributed by atoms with Gasteiger partial charge < -0.3 is 15.0 Å². The maximum absolute atomic E-state index is 12.5.